The second kappa shape index (κ2) is 26.8. The van der Waals surface area contributed by atoms with E-state index in [9.17, 15) is 0 Å². The third-order valence-electron chi connectivity index (χ3n) is 30.8. The summed E-state index contributed by atoms with van der Waals surface area (Å²) in [5.74, 6) is 1.42. The second-order valence-electron chi connectivity index (χ2n) is 38.7. The molecule has 8 nitrogen and oxygen atoms in total. The Labute approximate surface area is 766 Å². The van der Waals surface area contributed by atoms with Crippen LogP contribution in [0.5, 0.6) is 0 Å². The van der Waals surface area contributed by atoms with E-state index in [4.69, 9.17) is 9.97 Å². The average molecular weight is 1700 g/mol. The van der Waals surface area contributed by atoms with Gasteiger partial charge < -0.3 is 18.3 Å². The van der Waals surface area contributed by atoms with Crippen LogP contribution < -0.4 is 0 Å². The van der Waals surface area contributed by atoms with Crippen LogP contribution in [0.1, 0.15) is 74.9 Å². The van der Waals surface area contributed by atoms with E-state index in [-0.39, 0.29) is 16.2 Å². The van der Waals surface area contributed by atoms with Gasteiger partial charge in [-0.05, 0) is 240 Å². The highest BCUT2D eigenvalue weighted by molar-refractivity contribution is 6.18. The Kier molecular flexibility index (Phi) is 14.9. The molecule has 8 heteroatoms. The minimum Gasteiger partial charge on any atom is -0.309 e. The molecule has 7 heterocycles. The number of para-hydroxylation sites is 7. The highest BCUT2D eigenvalue weighted by Gasteiger charge is 2.40. The Bertz CT molecular complexity index is 9720. The number of hydrogen-bond donors (Lipinski definition) is 0. The lowest BCUT2D eigenvalue weighted by Crippen LogP contribution is -2.15. The monoisotopic (exact) mass is 1700 g/mol. The normalized spacial score (nSPS) is 14.0. The number of hydrogen-bond acceptors (Lipinski definition) is 2. The maximum atomic E-state index is 6.29. The molecule has 19 aromatic carbocycles. The molecule has 0 bridgehead atoms. The van der Waals surface area contributed by atoms with E-state index in [0.717, 1.165) is 144 Å². The molecule has 0 atom stereocenters. The van der Waals surface area contributed by atoms with Gasteiger partial charge in [0.05, 0.1) is 77.4 Å². The summed E-state index contributed by atoms with van der Waals surface area (Å²) in [5.41, 5.74) is 41.6. The van der Waals surface area contributed by atoms with Crippen LogP contribution in [0.3, 0.4) is 0 Å². The van der Waals surface area contributed by atoms with Crippen molar-refractivity contribution in [2.24, 2.45) is 0 Å². The van der Waals surface area contributed by atoms with Gasteiger partial charge in [0.2, 0.25) is 0 Å². The predicted octanol–water partition coefficient (Wildman–Crippen LogP) is 32.1. The minimum atomic E-state index is -0.158. The van der Waals surface area contributed by atoms with Crippen LogP contribution in [0.2, 0.25) is 0 Å². The van der Waals surface area contributed by atoms with Crippen molar-refractivity contribution in [2.45, 2.75) is 57.8 Å². The summed E-state index contributed by atoms with van der Waals surface area (Å²) in [6.07, 6.45) is 0. The van der Waals surface area contributed by atoms with Crippen LogP contribution in [0.4, 0.5) is 0 Å². The van der Waals surface area contributed by atoms with Crippen LogP contribution >= 0.6 is 0 Å². The fourth-order valence-corrected chi connectivity index (χ4v) is 24.5. The van der Waals surface area contributed by atoms with Crippen molar-refractivity contribution in [2.75, 3.05) is 0 Å². The third-order valence-corrected chi connectivity index (χ3v) is 30.8. The molecule has 26 aromatic rings. The maximum absolute atomic E-state index is 6.29. The number of benzene rings is 19. The predicted molar refractivity (Wildman–Crippen MR) is 555 cm³/mol. The zero-order valence-electron chi connectivity index (χ0n) is 74.2. The standard InChI is InChI=1S/C125H84N8/c1-123(2)100-35-16-7-26-82(100)85-58-52-79(70-103(85)123)128-107-39-19-10-29-88(107)94-55-46-76(67-117(94)128)73-49-61-113-97(64-73)91-32-13-22-42-110(91)131(113)116-45-25-38-106-120(116)127-122(133-112-44-24-15-34-93(112)99-66-75(51-63-115(99)133)78-48-57-96-90-31-12-21-41-109(90)130(119(96)69-78)81-54-60-87-84-28-9-18-37-102(84)125(5,6)105(87)72-81)121(126-106)132-111-43-23-14-33-92(111)98-65-74(50-62-114(98)132)77-47-56-95-89-30-11-20-40-108(89)129(118(95)68-77)80-53-59-86-83-27-8-17-36-101(83)124(3,4)104(86)71-80/h7-72H,1-6H3. The van der Waals surface area contributed by atoms with E-state index in [1.165, 1.54) is 121 Å². The van der Waals surface area contributed by atoms with Gasteiger partial charge in [-0.15, -0.1) is 0 Å². The van der Waals surface area contributed by atoms with Crippen molar-refractivity contribution >= 4 is 142 Å². The van der Waals surface area contributed by atoms with Gasteiger partial charge in [0.15, 0.2) is 11.6 Å². The van der Waals surface area contributed by atoms with Crippen LogP contribution in [0.25, 0.3) is 243 Å². The Morgan fingerprint density at radius 1 is 0.173 bits per heavy atom. The zero-order valence-corrected chi connectivity index (χ0v) is 74.2. The molecule has 0 aliphatic heterocycles. The molecule has 29 rings (SSSR count). The summed E-state index contributed by atoms with van der Waals surface area (Å²) < 4.78 is 14.7. The summed E-state index contributed by atoms with van der Waals surface area (Å²) >= 11 is 0. The molecule has 133 heavy (non-hydrogen) atoms. The van der Waals surface area contributed by atoms with Gasteiger partial charge >= 0.3 is 0 Å². The molecule has 3 aliphatic carbocycles. The van der Waals surface area contributed by atoms with Gasteiger partial charge in [0, 0.05) is 97.9 Å². The van der Waals surface area contributed by atoms with E-state index >= 15 is 0 Å². The minimum absolute atomic E-state index is 0.147. The zero-order chi connectivity index (χ0) is 87.9. The van der Waals surface area contributed by atoms with Crippen LogP contribution in [-0.4, -0.2) is 37.4 Å². The molecular formula is C125H84N8. The summed E-state index contributed by atoms with van der Waals surface area (Å²) in [5, 5.41) is 14.1. The maximum Gasteiger partial charge on any atom is 0.182 e. The summed E-state index contributed by atoms with van der Waals surface area (Å²) in [6, 6.07) is 151. The summed E-state index contributed by atoms with van der Waals surface area (Å²) in [7, 11) is 0. The van der Waals surface area contributed by atoms with Crippen LogP contribution in [0, 0.1) is 0 Å². The molecule has 0 unspecified atom stereocenters. The van der Waals surface area contributed by atoms with Crippen molar-refractivity contribution in [1.82, 2.24) is 37.4 Å². The Balaban J connectivity index is 0.618. The summed E-state index contributed by atoms with van der Waals surface area (Å²) in [4.78, 5) is 12.4. The Morgan fingerprint density at radius 3 is 0.797 bits per heavy atom. The lowest BCUT2D eigenvalue weighted by Gasteiger charge is -2.22. The van der Waals surface area contributed by atoms with Gasteiger partial charge in [-0.2, -0.15) is 0 Å². The molecule has 3 aliphatic rings. The highest BCUT2D eigenvalue weighted by atomic mass is 15.2. The first-order valence-corrected chi connectivity index (χ1v) is 46.5. The fraction of sp³-hybridized carbons (Fsp3) is 0.0720. The fourth-order valence-electron chi connectivity index (χ4n) is 24.5. The van der Waals surface area contributed by atoms with Crippen LogP contribution in [0.15, 0.2) is 400 Å². The van der Waals surface area contributed by atoms with Crippen LogP contribution in [-0.2, 0) is 16.2 Å². The third kappa shape index (κ3) is 10.2. The van der Waals surface area contributed by atoms with E-state index in [2.05, 4.69) is 469 Å². The largest absolute Gasteiger partial charge is 0.309 e. The highest BCUT2D eigenvalue weighted by Crippen LogP contribution is 2.55. The van der Waals surface area contributed by atoms with Gasteiger partial charge in [0.1, 0.15) is 5.52 Å². The second-order valence-corrected chi connectivity index (χ2v) is 38.7. The lowest BCUT2D eigenvalue weighted by atomic mass is 9.82. The molecule has 0 saturated carbocycles. The number of fused-ring (bicyclic) bond motifs is 28. The molecular weight excluding hydrogens is 1610 g/mol. The van der Waals surface area contributed by atoms with Crippen molar-refractivity contribution in [3.05, 3.63) is 434 Å². The van der Waals surface area contributed by atoms with Gasteiger partial charge in [-0.1, -0.05) is 302 Å². The van der Waals surface area contributed by atoms with E-state index in [0.29, 0.717) is 11.6 Å². The van der Waals surface area contributed by atoms with Crippen molar-refractivity contribution in [3.8, 4) is 101 Å². The number of aromatic nitrogens is 8. The first kappa shape index (κ1) is 74.3. The lowest BCUT2D eigenvalue weighted by molar-refractivity contribution is 0.660. The topological polar surface area (TPSA) is 55.4 Å². The Hall–Kier alpha value is -16.7. The van der Waals surface area contributed by atoms with Crippen molar-refractivity contribution < 1.29 is 0 Å². The smallest absolute Gasteiger partial charge is 0.182 e. The van der Waals surface area contributed by atoms with E-state index in [1.807, 2.05) is 0 Å². The molecule has 0 spiro atoms. The first-order valence-electron chi connectivity index (χ1n) is 46.5. The number of rotatable bonds is 9. The molecule has 624 valence electrons. The molecule has 0 radical (unpaired) electrons. The van der Waals surface area contributed by atoms with Crippen molar-refractivity contribution in [1.29, 1.82) is 0 Å². The summed E-state index contributed by atoms with van der Waals surface area (Å²) in [6.45, 7) is 14.2. The number of nitrogens with zero attached hydrogens (tertiary/aromatic N) is 8. The Morgan fingerprint density at radius 2 is 0.436 bits per heavy atom. The first-order chi connectivity index (χ1) is 65.2. The van der Waals surface area contributed by atoms with Gasteiger partial charge in [-0.25, -0.2) is 9.97 Å². The molecule has 0 N–H and O–H groups in total. The average Bonchev–Trinajstić information content (AvgIpc) is 1.60. The SMILES string of the molecule is CC1(C)c2ccccc2-c2ccc(-n3c4ccccc4c4ccc(-c5ccc6c(c5)c5ccccc5n6-c5nc6cccc(-n7c8ccccc8c8cc(-c9ccc%10c%11ccccc%11n(-c%11ccc%12c(c%11)C(C)(C)c%11ccccc%11-%12)c%10c9)ccc87)c6nc5-n5c6ccccc6c6cc(-c7ccc8c9ccccc9n(-c9ccc%10c(c9)C(C)(C)c9ccccc9-%10)c8c7)ccc65)cc43)cc21. The quantitative estimate of drug-likeness (QED) is 0.145. The van der Waals surface area contributed by atoms with Crippen molar-refractivity contribution in [3.63, 3.8) is 0 Å². The molecule has 0 saturated heterocycles. The van der Waals surface area contributed by atoms with E-state index in [1.54, 1.807) is 0 Å². The molecule has 0 fully saturated rings. The molecule has 0 amide bonds. The van der Waals surface area contributed by atoms with Gasteiger partial charge in [-0.3, -0.25) is 9.13 Å². The van der Waals surface area contributed by atoms with Gasteiger partial charge in [0.25, 0.3) is 0 Å². The molecule has 7 aromatic heterocycles. The van der Waals surface area contributed by atoms with E-state index < -0.39 is 0 Å².